The lowest BCUT2D eigenvalue weighted by Crippen LogP contribution is -2.16. The van der Waals surface area contributed by atoms with Crippen LogP contribution in [0.3, 0.4) is 0 Å². The Bertz CT molecular complexity index is 626. The van der Waals surface area contributed by atoms with Crippen molar-refractivity contribution in [3.05, 3.63) is 69.7 Å². The Hall–Kier alpha value is -1.75. The van der Waals surface area contributed by atoms with Gasteiger partial charge < -0.3 is 5.11 Å². The van der Waals surface area contributed by atoms with E-state index in [0.29, 0.717) is 0 Å². The van der Waals surface area contributed by atoms with Gasteiger partial charge in [0.05, 0.1) is 5.56 Å². The minimum Gasteiger partial charge on any atom is -0.478 e. The van der Waals surface area contributed by atoms with Crippen molar-refractivity contribution in [1.82, 2.24) is 0 Å². The summed E-state index contributed by atoms with van der Waals surface area (Å²) in [6.07, 6.45) is 0. The Balaban J connectivity index is 2.53. The van der Waals surface area contributed by atoms with E-state index in [1.807, 2.05) is 0 Å². The van der Waals surface area contributed by atoms with Crippen LogP contribution < -0.4 is 0 Å². The summed E-state index contributed by atoms with van der Waals surface area (Å²) in [6.45, 7) is 0. The van der Waals surface area contributed by atoms with Crippen LogP contribution >= 0.6 is 15.9 Å². The monoisotopic (exact) mass is 326 g/mol. The topological polar surface area (TPSA) is 37.3 Å². The summed E-state index contributed by atoms with van der Waals surface area (Å²) in [5.41, 5.74) is -0.707. The zero-order valence-electron chi connectivity index (χ0n) is 9.61. The van der Waals surface area contributed by atoms with E-state index < -0.39 is 11.9 Å². The van der Waals surface area contributed by atoms with Gasteiger partial charge in [0.15, 0.2) is 0 Å². The maximum Gasteiger partial charge on any atom is 0.335 e. The summed E-state index contributed by atoms with van der Waals surface area (Å²) in [4.78, 5) is 10.8. The van der Waals surface area contributed by atoms with E-state index >= 15 is 0 Å². The number of carboxylic acids is 1. The van der Waals surface area contributed by atoms with Crippen LogP contribution in [0, 0.1) is 0 Å². The van der Waals surface area contributed by atoms with Crippen LogP contribution in [0.4, 0.5) is 8.78 Å². The van der Waals surface area contributed by atoms with Gasteiger partial charge in [0.25, 0.3) is 5.92 Å². The molecule has 5 heteroatoms. The van der Waals surface area contributed by atoms with E-state index in [0.717, 1.165) is 6.07 Å². The number of rotatable bonds is 3. The predicted octanol–water partition coefficient (Wildman–Crippen LogP) is 4.29. The summed E-state index contributed by atoms with van der Waals surface area (Å²) in [6, 6.07) is 10.8. The average Bonchev–Trinajstić information content (AvgIpc) is 2.39. The lowest BCUT2D eigenvalue weighted by Gasteiger charge is -2.19. The van der Waals surface area contributed by atoms with Gasteiger partial charge in [-0.3, -0.25) is 0 Å². The Morgan fingerprint density at radius 3 is 2.42 bits per heavy atom. The molecule has 98 valence electrons. The molecule has 2 aromatic carbocycles. The van der Waals surface area contributed by atoms with Crippen molar-refractivity contribution in [2.45, 2.75) is 5.92 Å². The summed E-state index contributed by atoms with van der Waals surface area (Å²) < 4.78 is 29.0. The molecule has 0 aliphatic heterocycles. The molecule has 19 heavy (non-hydrogen) atoms. The Morgan fingerprint density at radius 2 is 1.79 bits per heavy atom. The minimum atomic E-state index is -3.26. The molecule has 0 aliphatic carbocycles. The second kappa shape index (κ2) is 5.09. The molecule has 1 N–H and O–H groups in total. The SMILES string of the molecule is O=C(O)c1cccc(C(F)(F)c2ccccc2Br)c1. The zero-order chi connectivity index (χ0) is 14.0. The van der Waals surface area contributed by atoms with E-state index in [9.17, 15) is 13.6 Å². The van der Waals surface area contributed by atoms with Crippen LogP contribution in [0.15, 0.2) is 53.0 Å². The molecule has 0 saturated carbocycles. The second-order valence-electron chi connectivity index (χ2n) is 3.94. The molecule has 0 bridgehead atoms. The maximum absolute atomic E-state index is 14.4. The fourth-order valence-corrected chi connectivity index (χ4v) is 2.25. The summed E-state index contributed by atoms with van der Waals surface area (Å²) >= 11 is 3.08. The summed E-state index contributed by atoms with van der Waals surface area (Å²) in [5.74, 6) is -4.49. The molecule has 2 nitrogen and oxygen atoms in total. The fourth-order valence-electron chi connectivity index (χ4n) is 1.72. The molecule has 0 aliphatic rings. The van der Waals surface area contributed by atoms with E-state index in [4.69, 9.17) is 5.11 Å². The molecule has 0 unspecified atom stereocenters. The largest absolute Gasteiger partial charge is 0.478 e. The van der Waals surface area contributed by atoms with Gasteiger partial charge in [-0.2, -0.15) is 8.78 Å². The van der Waals surface area contributed by atoms with Crippen LogP contribution in [0.1, 0.15) is 21.5 Å². The van der Waals surface area contributed by atoms with Crippen molar-refractivity contribution in [2.75, 3.05) is 0 Å². The van der Waals surface area contributed by atoms with Crippen LogP contribution in [0.2, 0.25) is 0 Å². The van der Waals surface area contributed by atoms with Crippen molar-refractivity contribution in [1.29, 1.82) is 0 Å². The Labute approximate surface area is 116 Å². The van der Waals surface area contributed by atoms with E-state index in [1.165, 1.54) is 36.4 Å². The van der Waals surface area contributed by atoms with E-state index in [1.54, 1.807) is 6.07 Å². The first kappa shape index (κ1) is 13.7. The van der Waals surface area contributed by atoms with Gasteiger partial charge in [0, 0.05) is 15.6 Å². The summed E-state index contributed by atoms with van der Waals surface area (Å²) in [5, 5.41) is 8.85. The van der Waals surface area contributed by atoms with Gasteiger partial charge in [-0.25, -0.2) is 4.79 Å². The number of alkyl halides is 2. The normalized spacial score (nSPS) is 11.3. The number of carboxylic acid groups (broad SMARTS) is 1. The van der Waals surface area contributed by atoms with Gasteiger partial charge in [-0.1, -0.05) is 46.3 Å². The van der Waals surface area contributed by atoms with Crippen LogP contribution in [-0.4, -0.2) is 11.1 Å². The third-order valence-corrected chi connectivity index (χ3v) is 3.38. The first-order chi connectivity index (χ1) is 8.93. The number of hydrogen-bond acceptors (Lipinski definition) is 1. The minimum absolute atomic E-state index is 0.163. The van der Waals surface area contributed by atoms with Crippen LogP contribution in [0.25, 0.3) is 0 Å². The van der Waals surface area contributed by atoms with Crippen LogP contribution in [-0.2, 0) is 5.92 Å². The van der Waals surface area contributed by atoms with Crippen molar-refractivity contribution >= 4 is 21.9 Å². The fraction of sp³-hybridized carbons (Fsp3) is 0.0714. The molecule has 0 radical (unpaired) electrons. The number of benzene rings is 2. The molecule has 0 spiro atoms. The maximum atomic E-state index is 14.4. The standard InChI is InChI=1S/C14H9BrF2O2/c15-12-7-2-1-6-11(12)14(16,17)10-5-3-4-9(8-10)13(18)19/h1-8H,(H,18,19). The van der Waals surface area contributed by atoms with Crippen molar-refractivity contribution in [3.63, 3.8) is 0 Å². The predicted molar refractivity (Wildman–Crippen MR) is 70.5 cm³/mol. The van der Waals surface area contributed by atoms with Crippen molar-refractivity contribution in [3.8, 4) is 0 Å². The average molecular weight is 327 g/mol. The van der Waals surface area contributed by atoms with Gasteiger partial charge in [0.1, 0.15) is 0 Å². The number of halogens is 3. The Morgan fingerprint density at radius 1 is 1.11 bits per heavy atom. The van der Waals surface area contributed by atoms with Gasteiger partial charge in [0.2, 0.25) is 0 Å². The smallest absolute Gasteiger partial charge is 0.335 e. The lowest BCUT2D eigenvalue weighted by atomic mass is 9.99. The third-order valence-electron chi connectivity index (χ3n) is 2.68. The first-order valence-electron chi connectivity index (χ1n) is 5.39. The summed E-state index contributed by atoms with van der Waals surface area (Å²) in [7, 11) is 0. The second-order valence-corrected chi connectivity index (χ2v) is 4.79. The molecule has 0 saturated heterocycles. The van der Waals surface area contributed by atoms with E-state index in [2.05, 4.69) is 15.9 Å². The van der Waals surface area contributed by atoms with Gasteiger partial charge in [-0.05, 0) is 18.2 Å². The van der Waals surface area contributed by atoms with E-state index in [-0.39, 0.29) is 21.2 Å². The molecular weight excluding hydrogens is 318 g/mol. The lowest BCUT2D eigenvalue weighted by molar-refractivity contribution is 0.0419. The molecule has 0 heterocycles. The number of carbonyl (C=O) groups is 1. The molecule has 0 atom stereocenters. The molecule has 2 rings (SSSR count). The highest BCUT2D eigenvalue weighted by atomic mass is 79.9. The number of aromatic carboxylic acids is 1. The Kier molecular flexibility index (Phi) is 3.66. The molecule has 0 aromatic heterocycles. The van der Waals surface area contributed by atoms with Gasteiger partial charge in [-0.15, -0.1) is 0 Å². The van der Waals surface area contributed by atoms with Crippen LogP contribution in [0.5, 0.6) is 0 Å². The highest BCUT2D eigenvalue weighted by Gasteiger charge is 2.36. The quantitative estimate of drug-likeness (QED) is 0.913. The highest BCUT2D eigenvalue weighted by Crippen LogP contribution is 2.39. The first-order valence-corrected chi connectivity index (χ1v) is 6.19. The molecule has 0 amide bonds. The molecule has 2 aromatic rings. The molecular formula is C14H9BrF2O2. The van der Waals surface area contributed by atoms with Gasteiger partial charge >= 0.3 is 5.97 Å². The molecule has 0 fully saturated rings. The van der Waals surface area contributed by atoms with Crippen molar-refractivity contribution in [2.24, 2.45) is 0 Å². The zero-order valence-corrected chi connectivity index (χ0v) is 11.2. The number of hydrogen-bond donors (Lipinski definition) is 1. The third kappa shape index (κ3) is 2.66. The highest BCUT2D eigenvalue weighted by molar-refractivity contribution is 9.10. The van der Waals surface area contributed by atoms with Crippen molar-refractivity contribution < 1.29 is 18.7 Å².